The van der Waals surface area contributed by atoms with Crippen LogP contribution >= 0.6 is 0 Å². The molecule has 2 aromatic carbocycles. The van der Waals surface area contributed by atoms with Crippen LogP contribution < -0.4 is 5.73 Å². The number of nitrogens with zero attached hydrogens (tertiary/aromatic N) is 3. The van der Waals surface area contributed by atoms with Gasteiger partial charge in [0.25, 0.3) is 0 Å². The number of ketones is 1. The van der Waals surface area contributed by atoms with Crippen LogP contribution in [0.15, 0.2) is 66.8 Å². The Hall–Kier alpha value is -3.82. The SMILES string of the molecule is C=C(CCCC)Cc1ccc(-n2nc(C(=O)C(=C)CCCC(C)N)cc2-c2ccc(C#N)c(C)c2)c(F)c1. The van der Waals surface area contributed by atoms with Gasteiger partial charge >= 0.3 is 0 Å². The number of nitriles is 1. The summed E-state index contributed by atoms with van der Waals surface area (Å²) in [6.07, 6.45) is 5.74. The van der Waals surface area contributed by atoms with Gasteiger partial charge in [0, 0.05) is 11.6 Å². The minimum absolute atomic E-state index is 0.0538. The summed E-state index contributed by atoms with van der Waals surface area (Å²) in [7, 11) is 0. The smallest absolute Gasteiger partial charge is 0.208 e. The van der Waals surface area contributed by atoms with Crippen LogP contribution in [0, 0.1) is 24.1 Å². The minimum atomic E-state index is -0.435. The summed E-state index contributed by atoms with van der Waals surface area (Å²) in [5.74, 6) is -0.709. The van der Waals surface area contributed by atoms with Crippen molar-refractivity contribution in [2.24, 2.45) is 5.73 Å². The molecule has 1 heterocycles. The third-order valence-electron chi connectivity index (χ3n) is 6.62. The second-order valence-corrected chi connectivity index (χ2v) is 10.1. The lowest BCUT2D eigenvalue weighted by Crippen LogP contribution is -2.14. The van der Waals surface area contributed by atoms with Crippen LogP contribution in [0.4, 0.5) is 4.39 Å². The van der Waals surface area contributed by atoms with Gasteiger partial charge in [0.1, 0.15) is 17.2 Å². The minimum Gasteiger partial charge on any atom is -0.328 e. The van der Waals surface area contributed by atoms with E-state index in [0.717, 1.165) is 54.4 Å². The lowest BCUT2D eigenvalue weighted by Gasteiger charge is -2.12. The number of nitrogens with two attached hydrogens (primary N) is 1. The van der Waals surface area contributed by atoms with Crippen molar-refractivity contribution in [1.82, 2.24) is 9.78 Å². The van der Waals surface area contributed by atoms with Gasteiger partial charge < -0.3 is 5.73 Å². The molecule has 5 nitrogen and oxygen atoms in total. The molecule has 0 aliphatic rings. The van der Waals surface area contributed by atoms with Crippen LogP contribution in [-0.4, -0.2) is 21.6 Å². The highest BCUT2D eigenvalue weighted by molar-refractivity contribution is 6.07. The van der Waals surface area contributed by atoms with Gasteiger partial charge in [0.05, 0.1) is 17.3 Å². The van der Waals surface area contributed by atoms with Crippen molar-refractivity contribution in [3.05, 3.63) is 95.0 Å². The zero-order valence-corrected chi connectivity index (χ0v) is 22.7. The van der Waals surface area contributed by atoms with E-state index < -0.39 is 5.82 Å². The van der Waals surface area contributed by atoms with Crippen LogP contribution in [0.2, 0.25) is 0 Å². The number of aryl methyl sites for hydroxylation is 1. The van der Waals surface area contributed by atoms with Gasteiger partial charge in [-0.15, -0.1) is 0 Å². The molecule has 0 amide bonds. The molecule has 0 fully saturated rings. The fourth-order valence-electron chi connectivity index (χ4n) is 4.40. The quantitative estimate of drug-likeness (QED) is 0.147. The first-order chi connectivity index (χ1) is 18.1. The molecule has 0 bridgehead atoms. The van der Waals surface area contributed by atoms with Crippen LogP contribution in [0.5, 0.6) is 0 Å². The predicted molar refractivity (Wildman–Crippen MR) is 152 cm³/mol. The molecule has 0 aliphatic carbocycles. The number of carbonyl (C=O) groups excluding carboxylic acids is 1. The molecule has 0 saturated carbocycles. The van der Waals surface area contributed by atoms with E-state index in [0.29, 0.717) is 29.7 Å². The first kappa shape index (κ1) is 28.7. The third-order valence-corrected chi connectivity index (χ3v) is 6.62. The van der Waals surface area contributed by atoms with Crippen molar-refractivity contribution < 1.29 is 9.18 Å². The normalized spacial score (nSPS) is 11.7. The van der Waals surface area contributed by atoms with Crippen molar-refractivity contribution in [2.75, 3.05) is 0 Å². The molecule has 3 aromatic rings. The van der Waals surface area contributed by atoms with Gasteiger partial charge in [-0.25, -0.2) is 9.07 Å². The van der Waals surface area contributed by atoms with Gasteiger partial charge in [-0.05, 0) is 99.4 Å². The van der Waals surface area contributed by atoms with Gasteiger partial charge in [-0.2, -0.15) is 10.4 Å². The number of allylic oxidation sites excluding steroid dienone is 2. The standard InChI is InChI=1S/C32H37FN4O/c1-6-7-9-21(2)16-25-12-15-30(28(33)18-25)37-31(26-13-14-27(20-34)23(4)17-26)19-29(36-37)32(38)22(3)10-8-11-24(5)35/h12-15,17-19,24H,2-3,6-11,16,35H2,1,4-5H3. The summed E-state index contributed by atoms with van der Waals surface area (Å²) in [5.41, 5.74) is 11.3. The fourth-order valence-corrected chi connectivity index (χ4v) is 4.40. The summed E-state index contributed by atoms with van der Waals surface area (Å²) in [6.45, 7) is 14.0. The Morgan fingerprint density at radius 1 is 1.16 bits per heavy atom. The zero-order chi connectivity index (χ0) is 27.8. The summed E-state index contributed by atoms with van der Waals surface area (Å²) < 4.78 is 17.0. The largest absolute Gasteiger partial charge is 0.328 e. The lowest BCUT2D eigenvalue weighted by molar-refractivity contribution is 0.102. The van der Waals surface area contributed by atoms with Crippen molar-refractivity contribution >= 4 is 5.78 Å². The van der Waals surface area contributed by atoms with Crippen molar-refractivity contribution in [3.8, 4) is 23.0 Å². The molecular formula is C32H37FN4O. The second kappa shape index (κ2) is 13.1. The average Bonchev–Trinajstić information content (AvgIpc) is 3.31. The van der Waals surface area contributed by atoms with E-state index in [4.69, 9.17) is 5.73 Å². The molecule has 0 saturated heterocycles. The molecule has 1 atom stereocenters. The molecule has 3 rings (SSSR count). The molecule has 6 heteroatoms. The highest BCUT2D eigenvalue weighted by atomic mass is 19.1. The van der Waals surface area contributed by atoms with Gasteiger partial charge in [-0.3, -0.25) is 4.79 Å². The van der Waals surface area contributed by atoms with Crippen LogP contribution in [0.25, 0.3) is 16.9 Å². The Bertz CT molecular complexity index is 1380. The van der Waals surface area contributed by atoms with E-state index in [9.17, 15) is 10.1 Å². The molecule has 2 N–H and O–H groups in total. The van der Waals surface area contributed by atoms with E-state index in [2.05, 4.69) is 31.2 Å². The highest BCUT2D eigenvalue weighted by Crippen LogP contribution is 2.29. The van der Waals surface area contributed by atoms with Crippen LogP contribution in [-0.2, 0) is 6.42 Å². The number of unbranched alkanes of at least 4 members (excludes halogenated alkanes) is 1. The van der Waals surface area contributed by atoms with E-state index in [1.807, 2.05) is 26.0 Å². The molecule has 1 aromatic heterocycles. The predicted octanol–water partition coefficient (Wildman–Crippen LogP) is 7.40. The number of hydrogen-bond donors (Lipinski definition) is 1. The van der Waals surface area contributed by atoms with Crippen LogP contribution in [0.1, 0.15) is 79.6 Å². The maximum Gasteiger partial charge on any atom is 0.208 e. The number of Topliss-reactive ketones (excluding diaryl/α,β-unsaturated/α-hetero) is 1. The molecule has 198 valence electrons. The maximum absolute atomic E-state index is 15.5. The maximum atomic E-state index is 15.5. The topological polar surface area (TPSA) is 84.7 Å². The third kappa shape index (κ3) is 7.14. The molecule has 1 unspecified atom stereocenters. The van der Waals surface area contributed by atoms with Gasteiger partial charge in [0.15, 0.2) is 0 Å². The molecule has 38 heavy (non-hydrogen) atoms. The van der Waals surface area contributed by atoms with Crippen molar-refractivity contribution in [3.63, 3.8) is 0 Å². The monoisotopic (exact) mass is 512 g/mol. The van der Waals surface area contributed by atoms with E-state index in [-0.39, 0.29) is 23.2 Å². The van der Waals surface area contributed by atoms with Gasteiger partial charge in [-0.1, -0.05) is 44.2 Å². The summed E-state index contributed by atoms with van der Waals surface area (Å²) >= 11 is 0. The highest BCUT2D eigenvalue weighted by Gasteiger charge is 2.21. The van der Waals surface area contributed by atoms with E-state index in [1.165, 1.54) is 10.7 Å². The Balaban J connectivity index is 2.01. The Labute approximate surface area is 225 Å². The van der Waals surface area contributed by atoms with Crippen molar-refractivity contribution in [1.29, 1.82) is 5.26 Å². The molecule has 0 radical (unpaired) electrons. The number of halogens is 1. The lowest BCUT2D eigenvalue weighted by atomic mass is 10.0. The van der Waals surface area contributed by atoms with Gasteiger partial charge in [0.2, 0.25) is 5.78 Å². The Kier molecular flexibility index (Phi) is 9.92. The van der Waals surface area contributed by atoms with Crippen molar-refractivity contribution in [2.45, 2.75) is 71.8 Å². The second-order valence-electron chi connectivity index (χ2n) is 10.1. The van der Waals surface area contributed by atoms with E-state index >= 15 is 4.39 Å². The average molecular weight is 513 g/mol. The van der Waals surface area contributed by atoms with Crippen LogP contribution in [0.3, 0.4) is 0 Å². The Morgan fingerprint density at radius 2 is 1.92 bits per heavy atom. The summed E-state index contributed by atoms with van der Waals surface area (Å²) in [6, 6.07) is 14.3. The number of carbonyl (C=O) groups is 1. The zero-order valence-electron chi connectivity index (χ0n) is 22.7. The molecule has 0 aliphatic heterocycles. The summed E-state index contributed by atoms with van der Waals surface area (Å²) in [5, 5.41) is 13.9. The van der Waals surface area contributed by atoms with E-state index in [1.54, 1.807) is 24.3 Å². The molecule has 0 spiro atoms. The number of aromatic nitrogens is 2. The fraction of sp³-hybridized carbons (Fsp3) is 0.344. The Morgan fingerprint density at radius 3 is 2.55 bits per heavy atom. The first-order valence-electron chi connectivity index (χ1n) is 13.2. The first-order valence-corrected chi connectivity index (χ1v) is 13.2. The number of benzene rings is 2. The summed E-state index contributed by atoms with van der Waals surface area (Å²) in [4.78, 5) is 13.2. The number of hydrogen-bond acceptors (Lipinski definition) is 4. The number of rotatable bonds is 13. The molecular weight excluding hydrogens is 475 g/mol.